The molecule has 0 spiro atoms. The maximum atomic E-state index is 12.8. The van der Waals surface area contributed by atoms with Crippen LogP contribution in [0.4, 0.5) is 5.82 Å². The van der Waals surface area contributed by atoms with Crippen molar-refractivity contribution in [1.29, 1.82) is 0 Å². The van der Waals surface area contributed by atoms with Gasteiger partial charge in [-0.25, -0.2) is 4.98 Å². The lowest BCUT2D eigenvalue weighted by atomic mass is 10.0. The SMILES string of the molecule is CC(C)C(NC(=O)c1ccco1)C(=O)NCc1cccnc1N1CCN(C)CC1. The number of nitrogens with one attached hydrogen (secondary N) is 2. The Labute approximate surface area is 171 Å². The number of anilines is 1. The molecule has 0 bridgehead atoms. The first-order chi connectivity index (χ1) is 14.0. The van der Waals surface area contributed by atoms with E-state index in [1.54, 1.807) is 18.3 Å². The van der Waals surface area contributed by atoms with Crippen molar-refractivity contribution in [1.82, 2.24) is 20.5 Å². The summed E-state index contributed by atoms with van der Waals surface area (Å²) in [6.07, 6.45) is 3.21. The van der Waals surface area contributed by atoms with Gasteiger partial charge in [0.15, 0.2) is 5.76 Å². The zero-order valence-corrected chi connectivity index (χ0v) is 17.2. The van der Waals surface area contributed by atoms with Gasteiger partial charge < -0.3 is 24.9 Å². The number of likely N-dealkylation sites (N-methyl/N-ethyl adjacent to an activating group) is 1. The number of pyridine rings is 1. The van der Waals surface area contributed by atoms with Gasteiger partial charge >= 0.3 is 0 Å². The number of furan rings is 1. The molecule has 2 amide bonds. The quantitative estimate of drug-likeness (QED) is 0.733. The number of hydrogen-bond donors (Lipinski definition) is 2. The van der Waals surface area contributed by atoms with E-state index in [9.17, 15) is 9.59 Å². The Morgan fingerprint density at radius 2 is 1.93 bits per heavy atom. The third kappa shape index (κ3) is 5.35. The highest BCUT2D eigenvalue weighted by molar-refractivity contribution is 5.95. The molecule has 1 unspecified atom stereocenters. The highest BCUT2D eigenvalue weighted by Crippen LogP contribution is 2.19. The molecular formula is C21H29N5O3. The summed E-state index contributed by atoms with van der Waals surface area (Å²) in [5.74, 6) is 0.394. The van der Waals surface area contributed by atoms with Gasteiger partial charge in [-0.15, -0.1) is 0 Å². The first kappa shape index (κ1) is 20.9. The predicted octanol–water partition coefficient (Wildman–Crippen LogP) is 1.50. The van der Waals surface area contributed by atoms with Crippen LogP contribution in [-0.2, 0) is 11.3 Å². The second-order valence-electron chi connectivity index (χ2n) is 7.67. The molecule has 2 N–H and O–H groups in total. The number of piperazine rings is 1. The molecule has 0 radical (unpaired) electrons. The lowest BCUT2D eigenvalue weighted by Gasteiger charge is -2.34. The molecule has 1 atom stereocenters. The minimum Gasteiger partial charge on any atom is -0.459 e. The van der Waals surface area contributed by atoms with E-state index in [-0.39, 0.29) is 17.6 Å². The van der Waals surface area contributed by atoms with Gasteiger partial charge in [0.1, 0.15) is 11.9 Å². The summed E-state index contributed by atoms with van der Waals surface area (Å²) in [4.78, 5) is 34.2. The maximum absolute atomic E-state index is 12.8. The van der Waals surface area contributed by atoms with Crippen LogP contribution in [0.25, 0.3) is 0 Å². The van der Waals surface area contributed by atoms with E-state index in [1.807, 2.05) is 26.0 Å². The van der Waals surface area contributed by atoms with Crippen LogP contribution in [0.2, 0.25) is 0 Å². The predicted molar refractivity (Wildman–Crippen MR) is 111 cm³/mol. The van der Waals surface area contributed by atoms with Crippen molar-refractivity contribution in [3.8, 4) is 0 Å². The largest absolute Gasteiger partial charge is 0.459 e. The van der Waals surface area contributed by atoms with Crippen LogP contribution in [0.15, 0.2) is 41.1 Å². The summed E-state index contributed by atoms with van der Waals surface area (Å²) in [6.45, 7) is 7.92. The third-order valence-corrected chi connectivity index (χ3v) is 5.10. The van der Waals surface area contributed by atoms with Crippen LogP contribution in [-0.4, -0.2) is 61.0 Å². The second kappa shape index (κ2) is 9.56. The molecular weight excluding hydrogens is 370 g/mol. The van der Waals surface area contributed by atoms with Gasteiger partial charge in [-0.05, 0) is 31.2 Å². The van der Waals surface area contributed by atoms with Crippen molar-refractivity contribution in [2.75, 3.05) is 38.1 Å². The molecule has 2 aromatic heterocycles. The summed E-state index contributed by atoms with van der Waals surface area (Å²) >= 11 is 0. The van der Waals surface area contributed by atoms with Gasteiger partial charge in [0, 0.05) is 44.5 Å². The van der Waals surface area contributed by atoms with Crippen molar-refractivity contribution in [2.24, 2.45) is 5.92 Å². The topological polar surface area (TPSA) is 90.7 Å². The van der Waals surface area contributed by atoms with Crippen LogP contribution < -0.4 is 15.5 Å². The molecule has 0 saturated carbocycles. The average Bonchev–Trinajstić information content (AvgIpc) is 3.26. The molecule has 1 saturated heterocycles. The lowest BCUT2D eigenvalue weighted by molar-refractivity contribution is -0.124. The Bertz CT molecular complexity index is 813. The molecule has 156 valence electrons. The van der Waals surface area contributed by atoms with E-state index in [4.69, 9.17) is 4.42 Å². The van der Waals surface area contributed by atoms with Crippen LogP contribution in [0.3, 0.4) is 0 Å². The fourth-order valence-electron chi connectivity index (χ4n) is 3.32. The van der Waals surface area contributed by atoms with Crippen LogP contribution in [0.1, 0.15) is 30.0 Å². The zero-order chi connectivity index (χ0) is 20.8. The molecule has 8 nitrogen and oxygen atoms in total. The van der Waals surface area contributed by atoms with Crippen molar-refractivity contribution in [2.45, 2.75) is 26.4 Å². The standard InChI is InChI=1S/C21H29N5O3/c1-15(2)18(24-20(27)17-7-5-13-29-17)21(28)23-14-16-6-4-8-22-19(16)26-11-9-25(3)10-12-26/h4-8,13,15,18H,9-12,14H2,1-3H3,(H,23,28)(H,24,27). The smallest absolute Gasteiger partial charge is 0.287 e. The highest BCUT2D eigenvalue weighted by Gasteiger charge is 2.26. The normalized spacial score (nSPS) is 15.9. The van der Waals surface area contributed by atoms with Crippen LogP contribution in [0.5, 0.6) is 0 Å². The monoisotopic (exact) mass is 399 g/mol. The van der Waals surface area contributed by atoms with Gasteiger partial charge in [-0.2, -0.15) is 0 Å². The van der Waals surface area contributed by atoms with E-state index in [2.05, 4.69) is 32.5 Å². The van der Waals surface area contributed by atoms with E-state index in [0.29, 0.717) is 6.54 Å². The number of carbonyl (C=O) groups excluding carboxylic acids is 2. The van der Waals surface area contributed by atoms with Gasteiger partial charge in [-0.1, -0.05) is 19.9 Å². The third-order valence-electron chi connectivity index (χ3n) is 5.10. The Balaban J connectivity index is 1.63. The highest BCUT2D eigenvalue weighted by atomic mass is 16.3. The number of rotatable bonds is 7. The number of amides is 2. The van der Waals surface area contributed by atoms with Gasteiger partial charge in [0.25, 0.3) is 5.91 Å². The Morgan fingerprint density at radius 3 is 2.59 bits per heavy atom. The van der Waals surface area contributed by atoms with Gasteiger partial charge in [0.2, 0.25) is 5.91 Å². The van der Waals surface area contributed by atoms with Gasteiger partial charge in [-0.3, -0.25) is 9.59 Å². The molecule has 3 heterocycles. The second-order valence-corrected chi connectivity index (χ2v) is 7.67. The Hall–Kier alpha value is -2.87. The molecule has 0 aromatic carbocycles. The summed E-state index contributed by atoms with van der Waals surface area (Å²) < 4.78 is 5.11. The molecule has 2 aromatic rings. The van der Waals surface area contributed by atoms with Gasteiger partial charge in [0.05, 0.1) is 6.26 Å². The summed E-state index contributed by atoms with van der Waals surface area (Å²) in [5.41, 5.74) is 0.963. The van der Waals surface area contributed by atoms with Crippen molar-refractivity contribution < 1.29 is 14.0 Å². The fourth-order valence-corrected chi connectivity index (χ4v) is 3.32. The van der Waals surface area contributed by atoms with Crippen molar-refractivity contribution >= 4 is 17.6 Å². The molecule has 1 aliphatic rings. The van der Waals surface area contributed by atoms with Crippen molar-refractivity contribution in [3.63, 3.8) is 0 Å². The number of nitrogens with zero attached hydrogens (tertiary/aromatic N) is 3. The van der Waals surface area contributed by atoms with Crippen molar-refractivity contribution in [3.05, 3.63) is 48.0 Å². The number of carbonyl (C=O) groups is 2. The molecule has 8 heteroatoms. The first-order valence-electron chi connectivity index (χ1n) is 9.95. The molecule has 29 heavy (non-hydrogen) atoms. The molecule has 1 fully saturated rings. The Kier molecular flexibility index (Phi) is 6.87. The van der Waals surface area contributed by atoms with E-state index in [1.165, 1.54) is 6.26 Å². The molecule has 0 aliphatic carbocycles. The minimum absolute atomic E-state index is 0.0695. The minimum atomic E-state index is -0.656. The molecule has 1 aliphatic heterocycles. The van der Waals surface area contributed by atoms with Crippen LogP contribution >= 0.6 is 0 Å². The first-order valence-corrected chi connectivity index (χ1v) is 9.95. The summed E-state index contributed by atoms with van der Waals surface area (Å²) in [5, 5.41) is 5.72. The number of hydrogen-bond acceptors (Lipinski definition) is 6. The van der Waals surface area contributed by atoms with E-state index < -0.39 is 11.9 Å². The fraction of sp³-hybridized carbons (Fsp3) is 0.476. The summed E-state index contributed by atoms with van der Waals surface area (Å²) in [7, 11) is 2.11. The van der Waals surface area contributed by atoms with E-state index >= 15 is 0 Å². The Morgan fingerprint density at radius 1 is 1.17 bits per heavy atom. The summed E-state index contributed by atoms with van der Waals surface area (Å²) in [6, 6.07) is 6.41. The van der Waals surface area contributed by atoms with Crippen LogP contribution in [0, 0.1) is 5.92 Å². The maximum Gasteiger partial charge on any atom is 0.287 e. The lowest BCUT2D eigenvalue weighted by Crippen LogP contribution is -2.49. The molecule has 3 rings (SSSR count). The number of aromatic nitrogens is 1. The van der Waals surface area contributed by atoms with E-state index in [0.717, 1.165) is 37.6 Å². The zero-order valence-electron chi connectivity index (χ0n) is 17.2. The average molecular weight is 399 g/mol.